The van der Waals surface area contributed by atoms with Gasteiger partial charge in [0, 0.05) is 6.42 Å². The Balaban J connectivity index is 3.60. The third kappa shape index (κ3) is 42.8. The van der Waals surface area contributed by atoms with Crippen LogP contribution in [0.2, 0.25) is 0 Å². The molecule has 0 spiro atoms. The van der Waals surface area contributed by atoms with Crippen LogP contribution in [0.25, 0.3) is 0 Å². The maximum atomic E-state index is 12.5. The predicted molar refractivity (Wildman–Crippen MR) is 250 cm³/mol. The minimum absolute atomic E-state index is 0.156. The topological polar surface area (TPSA) is 89.8 Å². The molecule has 338 valence electrons. The molecule has 0 bridgehead atoms. The molecule has 5 heteroatoms. The lowest BCUT2D eigenvalue weighted by atomic mass is 10.0. The summed E-state index contributed by atoms with van der Waals surface area (Å²) in [7, 11) is 0. The van der Waals surface area contributed by atoms with Crippen molar-refractivity contribution in [2.24, 2.45) is 0 Å². The van der Waals surface area contributed by atoms with Crippen molar-refractivity contribution in [3.63, 3.8) is 0 Å². The average molecular weight is 804 g/mol. The first-order valence-electron chi connectivity index (χ1n) is 25.6. The lowest BCUT2D eigenvalue weighted by Gasteiger charge is -2.26. The molecule has 0 radical (unpaired) electrons. The minimum Gasteiger partial charge on any atom is -0.394 e. The lowest BCUT2D eigenvalue weighted by Crippen LogP contribution is -2.50. The fourth-order valence-electron chi connectivity index (χ4n) is 8.04. The largest absolute Gasteiger partial charge is 0.394 e. The number of amides is 1. The Morgan fingerprint density at radius 1 is 0.421 bits per heavy atom. The van der Waals surface area contributed by atoms with E-state index in [1.165, 1.54) is 212 Å². The van der Waals surface area contributed by atoms with Crippen molar-refractivity contribution < 1.29 is 20.1 Å². The molecule has 0 aromatic heterocycles. The number of hydrogen-bond acceptors (Lipinski definition) is 4. The molecule has 57 heavy (non-hydrogen) atoms. The van der Waals surface area contributed by atoms with E-state index in [1.54, 1.807) is 0 Å². The normalized spacial score (nSPS) is 13.6. The number of nitrogens with one attached hydrogen (secondary N) is 1. The summed E-state index contributed by atoms with van der Waals surface area (Å²) in [5, 5.41) is 33.7. The zero-order chi connectivity index (χ0) is 41.5. The fraction of sp³-hybridized carbons (Fsp3) is 0.904. The molecule has 0 saturated carbocycles. The maximum absolute atomic E-state index is 12.5. The molecule has 0 aliphatic rings. The maximum Gasteiger partial charge on any atom is 0.220 e. The van der Waals surface area contributed by atoms with Crippen molar-refractivity contribution in [3.8, 4) is 0 Å². The van der Waals surface area contributed by atoms with Gasteiger partial charge in [0.25, 0.3) is 0 Å². The van der Waals surface area contributed by atoms with Crippen molar-refractivity contribution in [3.05, 3.63) is 24.3 Å². The standard InChI is InChI=1S/C52H101NO4/c1-3-5-7-9-11-13-15-17-19-21-23-25-26-27-28-30-32-34-36-38-40-42-44-46-50(55)52(57)49(48-54)53-51(56)47-45-43-41-39-37-35-33-31-29-24-22-20-18-16-14-12-10-8-6-4-2/h24,29,38,40,49-50,52,54-55,57H,3-23,25-28,30-37,39,41-48H2,1-2H3,(H,53,56)/b29-24-,40-38+. The molecule has 5 nitrogen and oxygen atoms in total. The van der Waals surface area contributed by atoms with Gasteiger partial charge in [-0.25, -0.2) is 0 Å². The number of carbonyl (C=O) groups is 1. The van der Waals surface area contributed by atoms with Crippen LogP contribution in [0.15, 0.2) is 24.3 Å². The molecular formula is C52H101NO4. The van der Waals surface area contributed by atoms with E-state index in [-0.39, 0.29) is 12.5 Å². The quantitative estimate of drug-likeness (QED) is 0.0364. The summed E-state index contributed by atoms with van der Waals surface area (Å²) in [6, 6.07) is -0.827. The van der Waals surface area contributed by atoms with E-state index in [9.17, 15) is 20.1 Å². The van der Waals surface area contributed by atoms with Crippen LogP contribution in [0, 0.1) is 0 Å². The molecule has 0 heterocycles. The van der Waals surface area contributed by atoms with Gasteiger partial charge in [-0.05, 0) is 64.2 Å². The SMILES string of the molecule is CCCCCCCCCCC/C=C\CCCCCCCCCC(=O)NC(CO)C(O)C(O)CCC/C=C/CCCCCCCCCCCCCCCCCCCC. The summed E-state index contributed by atoms with van der Waals surface area (Å²) in [5.74, 6) is -0.156. The summed E-state index contributed by atoms with van der Waals surface area (Å²) in [5.41, 5.74) is 0. The van der Waals surface area contributed by atoms with Crippen LogP contribution in [0.4, 0.5) is 0 Å². The molecule has 1 amide bonds. The van der Waals surface area contributed by atoms with E-state index in [0.717, 1.165) is 38.5 Å². The Morgan fingerprint density at radius 2 is 0.702 bits per heavy atom. The first-order chi connectivity index (χ1) is 28.1. The zero-order valence-electron chi connectivity index (χ0n) is 38.5. The van der Waals surface area contributed by atoms with Crippen LogP contribution in [0.1, 0.15) is 277 Å². The number of hydrogen-bond donors (Lipinski definition) is 4. The van der Waals surface area contributed by atoms with Crippen LogP contribution in [0.3, 0.4) is 0 Å². The van der Waals surface area contributed by atoms with Gasteiger partial charge in [0.1, 0.15) is 6.10 Å². The fourth-order valence-corrected chi connectivity index (χ4v) is 8.04. The molecule has 0 aromatic carbocycles. The second-order valence-electron chi connectivity index (χ2n) is 17.7. The van der Waals surface area contributed by atoms with Gasteiger partial charge in [-0.15, -0.1) is 0 Å². The van der Waals surface area contributed by atoms with E-state index in [2.05, 4.69) is 43.5 Å². The van der Waals surface area contributed by atoms with Gasteiger partial charge in [0.15, 0.2) is 0 Å². The number of aliphatic hydroxyl groups is 3. The number of unbranched alkanes of at least 4 members (excludes halogenated alkanes) is 35. The molecule has 0 fully saturated rings. The van der Waals surface area contributed by atoms with Gasteiger partial charge < -0.3 is 20.6 Å². The molecule has 0 rings (SSSR count). The smallest absolute Gasteiger partial charge is 0.220 e. The average Bonchev–Trinajstić information content (AvgIpc) is 3.22. The number of carbonyl (C=O) groups excluding carboxylic acids is 1. The summed E-state index contributed by atoms with van der Waals surface area (Å²) in [6.07, 6.45) is 58.8. The third-order valence-electron chi connectivity index (χ3n) is 12.0. The van der Waals surface area contributed by atoms with E-state index in [1.807, 2.05) is 0 Å². The van der Waals surface area contributed by atoms with E-state index in [0.29, 0.717) is 12.8 Å². The van der Waals surface area contributed by atoms with Crippen LogP contribution in [0.5, 0.6) is 0 Å². The van der Waals surface area contributed by atoms with Crippen LogP contribution in [-0.2, 0) is 4.79 Å². The van der Waals surface area contributed by atoms with Crippen molar-refractivity contribution in [1.82, 2.24) is 5.32 Å². The van der Waals surface area contributed by atoms with E-state index < -0.39 is 18.2 Å². The van der Waals surface area contributed by atoms with Gasteiger partial charge in [0.05, 0.1) is 18.8 Å². The molecule has 0 aliphatic carbocycles. The monoisotopic (exact) mass is 804 g/mol. The van der Waals surface area contributed by atoms with Gasteiger partial charge in [-0.2, -0.15) is 0 Å². The molecule has 3 atom stereocenters. The van der Waals surface area contributed by atoms with E-state index >= 15 is 0 Å². The van der Waals surface area contributed by atoms with Gasteiger partial charge in [-0.1, -0.05) is 231 Å². The summed E-state index contributed by atoms with van der Waals surface area (Å²) in [4.78, 5) is 12.5. The molecule has 0 saturated heterocycles. The predicted octanol–water partition coefficient (Wildman–Crippen LogP) is 15.3. The Kier molecular flexibility index (Phi) is 46.5. The highest BCUT2D eigenvalue weighted by molar-refractivity contribution is 5.76. The summed E-state index contributed by atoms with van der Waals surface area (Å²) in [6.45, 7) is 4.19. The second kappa shape index (κ2) is 47.5. The van der Waals surface area contributed by atoms with Crippen LogP contribution < -0.4 is 5.32 Å². The van der Waals surface area contributed by atoms with Crippen molar-refractivity contribution in [1.29, 1.82) is 0 Å². The highest BCUT2D eigenvalue weighted by atomic mass is 16.3. The Bertz CT molecular complexity index is 844. The van der Waals surface area contributed by atoms with Crippen molar-refractivity contribution in [2.45, 2.75) is 295 Å². The number of allylic oxidation sites excluding steroid dienone is 4. The summed E-state index contributed by atoms with van der Waals surface area (Å²) < 4.78 is 0. The minimum atomic E-state index is -1.16. The Morgan fingerprint density at radius 3 is 1.02 bits per heavy atom. The highest BCUT2D eigenvalue weighted by Crippen LogP contribution is 2.16. The molecular weight excluding hydrogens is 703 g/mol. The molecule has 4 N–H and O–H groups in total. The zero-order valence-corrected chi connectivity index (χ0v) is 38.5. The first kappa shape index (κ1) is 55.8. The van der Waals surface area contributed by atoms with E-state index in [4.69, 9.17) is 0 Å². The van der Waals surface area contributed by atoms with Crippen molar-refractivity contribution >= 4 is 5.91 Å². The van der Waals surface area contributed by atoms with Crippen LogP contribution >= 0.6 is 0 Å². The molecule has 0 aliphatic heterocycles. The Labute approximate surface area is 356 Å². The summed E-state index contributed by atoms with van der Waals surface area (Å²) >= 11 is 0. The Hall–Kier alpha value is -1.17. The van der Waals surface area contributed by atoms with Gasteiger partial charge in [0.2, 0.25) is 5.91 Å². The second-order valence-corrected chi connectivity index (χ2v) is 17.7. The number of rotatable bonds is 47. The third-order valence-corrected chi connectivity index (χ3v) is 12.0. The first-order valence-corrected chi connectivity index (χ1v) is 25.6. The lowest BCUT2D eigenvalue weighted by molar-refractivity contribution is -0.124. The van der Waals surface area contributed by atoms with Crippen LogP contribution in [-0.4, -0.2) is 46.1 Å². The van der Waals surface area contributed by atoms with Crippen molar-refractivity contribution in [2.75, 3.05) is 6.61 Å². The molecule has 0 aromatic rings. The number of aliphatic hydroxyl groups excluding tert-OH is 3. The van der Waals surface area contributed by atoms with Gasteiger partial charge >= 0.3 is 0 Å². The highest BCUT2D eigenvalue weighted by Gasteiger charge is 2.26. The van der Waals surface area contributed by atoms with Gasteiger partial charge in [-0.3, -0.25) is 4.79 Å². The molecule has 3 unspecified atom stereocenters.